The zero-order chi connectivity index (χ0) is 43.7. The predicted molar refractivity (Wildman–Crippen MR) is 269 cm³/mol. The Morgan fingerprint density at radius 2 is 1.16 bits per heavy atom. The fourth-order valence-electron chi connectivity index (χ4n) is 9.25. The van der Waals surface area contributed by atoms with Crippen molar-refractivity contribution in [1.29, 1.82) is 0 Å². The van der Waals surface area contributed by atoms with Gasteiger partial charge >= 0.3 is 0 Å². The molecule has 0 saturated heterocycles. The Morgan fingerprint density at radius 3 is 1.79 bits per heavy atom. The zero-order valence-corrected chi connectivity index (χ0v) is 42.1. The number of anilines is 1. The predicted octanol–water partition coefficient (Wildman–Crippen LogP) is 17.7. The van der Waals surface area contributed by atoms with Gasteiger partial charge in [0, 0.05) is 24.4 Å². The van der Waals surface area contributed by atoms with Crippen molar-refractivity contribution in [2.24, 2.45) is 5.92 Å². The zero-order valence-electron chi connectivity index (χ0n) is 38.9. The van der Waals surface area contributed by atoms with Gasteiger partial charge in [-0.2, -0.15) is 10.0 Å². The van der Waals surface area contributed by atoms with Gasteiger partial charge in [-0.1, -0.05) is 151 Å². The van der Waals surface area contributed by atoms with Crippen LogP contribution in [0.25, 0.3) is 19.5 Å². The topological polar surface area (TPSA) is 37.4 Å². The second kappa shape index (κ2) is 19.0. The monoisotopic (exact) mass is 893 g/mol. The van der Waals surface area contributed by atoms with Crippen LogP contribution in [0.2, 0.25) is 0 Å². The molecule has 0 aliphatic carbocycles. The molecule has 0 spiro atoms. The molecule has 0 saturated carbocycles. The van der Waals surface area contributed by atoms with Crippen LogP contribution in [0, 0.1) is 5.92 Å². The lowest BCUT2D eigenvalue weighted by molar-refractivity contribution is 0.0925. The van der Waals surface area contributed by atoms with Crippen LogP contribution < -0.4 is 4.90 Å². The van der Waals surface area contributed by atoms with Crippen molar-refractivity contribution in [3.8, 4) is 19.5 Å². The number of imide groups is 1. The first kappa shape index (κ1) is 46.0. The number of nitrogens with zero attached hydrogens (tertiary/aromatic N) is 1. The molecule has 0 fully saturated rings. The van der Waals surface area contributed by atoms with Crippen LogP contribution in [0.4, 0.5) is 5.69 Å². The highest BCUT2D eigenvalue weighted by Gasteiger charge is 2.48. The number of amides is 2. The van der Waals surface area contributed by atoms with Gasteiger partial charge in [0.25, 0.3) is 11.8 Å². The molecule has 5 heterocycles. The Hall–Kier alpha value is -2.97. The van der Waals surface area contributed by atoms with E-state index in [-0.39, 0.29) is 22.6 Å². The molecule has 3 aromatic heterocycles. The summed E-state index contributed by atoms with van der Waals surface area (Å²) in [7, 11) is -1.63. The number of hydrogen-bond acceptors (Lipinski definition) is 5. The highest BCUT2D eigenvalue weighted by Crippen LogP contribution is 2.80. The summed E-state index contributed by atoms with van der Waals surface area (Å²) >= 11 is 5.55. The maximum Gasteiger partial charge on any atom is 0.267 e. The van der Waals surface area contributed by atoms with Gasteiger partial charge in [-0.25, -0.2) is 4.90 Å². The first-order valence-electron chi connectivity index (χ1n) is 23.5. The Morgan fingerprint density at radius 1 is 0.590 bits per heavy atom. The molecule has 2 atom stereocenters. The van der Waals surface area contributed by atoms with Gasteiger partial charge in [0.1, 0.15) is 0 Å². The average molecular weight is 894 g/mol. The second-order valence-corrected chi connectivity index (χ2v) is 26.1. The molecular formula is C54H71NO2S4. The fourth-order valence-corrected chi connectivity index (χ4v) is 18.9. The molecule has 0 radical (unpaired) electrons. The third-order valence-corrected chi connectivity index (χ3v) is 22.0. The van der Waals surface area contributed by atoms with Gasteiger partial charge in [-0.05, 0) is 107 Å². The molecule has 328 valence electrons. The highest BCUT2D eigenvalue weighted by molar-refractivity contribution is 8.34. The lowest BCUT2D eigenvalue weighted by atomic mass is 9.90. The average Bonchev–Trinajstić information content (AvgIpc) is 4.04. The molecule has 2 aliphatic heterocycles. The lowest BCUT2D eigenvalue weighted by Gasteiger charge is -2.41. The summed E-state index contributed by atoms with van der Waals surface area (Å²) in [6.07, 6.45) is 17.0. The summed E-state index contributed by atoms with van der Waals surface area (Å²) in [6.45, 7) is 22.8. The minimum absolute atomic E-state index is 0.0374. The Labute approximate surface area is 382 Å². The number of rotatable bonds is 19. The van der Waals surface area contributed by atoms with Crippen molar-refractivity contribution in [3.63, 3.8) is 0 Å². The van der Waals surface area contributed by atoms with E-state index in [0.29, 0.717) is 22.7 Å². The van der Waals surface area contributed by atoms with Gasteiger partial charge in [-0.15, -0.1) is 34.0 Å². The molecule has 7 heteroatoms. The number of benzene rings is 2. The number of fused-ring (bicyclic) bond motifs is 4. The van der Waals surface area contributed by atoms with Gasteiger partial charge in [-0.3, -0.25) is 9.59 Å². The minimum atomic E-state index is -1.63. The summed E-state index contributed by atoms with van der Waals surface area (Å²) in [6, 6.07) is 23.1. The molecule has 2 aliphatic rings. The van der Waals surface area contributed by atoms with Crippen LogP contribution >= 0.6 is 44.0 Å². The summed E-state index contributed by atoms with van der Waals surface area (Å²) in [5.74, 6) is 1.39. The lowest BCUT2D eigenvalue weighted by Crippen LogP contribution is -2.30. The van der Waals surface area contributed by atoms with Crippen LogP contribution in [0.5, 0.6) is 0 Å². The van der Waals surface area contributed by atoms with Crippen molar-refractivity contribution in [2.75, 3.05) is 10.7 Å². The van der Waals surface area contributed by atoms with E-state index in [1.54, 1.807) is 16.2 Å². The third kappa shape index (κ3) is 9.06. The van der Waals surface area contributed by atoms with Crippen molar-refractivity contribution in [2.45, 2.75) is 185 Å². The number of unbranched alkanes of at least 4 members (excludes halogenated alkanes) is 7. The van der Waals surface area contributed by atoms with Crippen LogP contribution in [0.15, 0.2) is 75.4 Å². The van der Waals surface area contributed by atoms with Gasteiger partial charge in [0.15, 0.2) is 0 Å². The van der Waals surface area contributed by atoms with E-state index in [0.717, 1.165) is 33.2 Å². The van der Waals surface area contributed by atoms with Gasteiger partial charge < -0.3 is 0 Å². The van der Waals surface area contributed by atoms with E-state index >= 15 is 0 Å². The van der Waals surface area contributed by atoms with Crippen LogP contribution in [-0.4, -0.2) is 17.6 Å². The SMILES string of the molecule is CCCCCCCCc1ccc(N2C(=O)c3c(-c4cc5c(s4)-c4sc(C(C)(C)C)cc4S5(CC(CC)CCCC)c4ccc(CCCC)cc4)sc(C(C)(C)C)c3C2=O)cc1. The maximum atomic E-state index is 14.9. The molecule has 2 unspecified atom stereocenters. The molecule has 2 amide bonds. The molecule has 0 N–H and O–H groups in total. The largest absolute Gasteiger partial charge is 0.268 e. The normalized spacial score (nSPS) is 17.8. The first-order chi connectivity index (χ1) is 29.2. The molecule has 0 bridgehead atoms. The second-order valence-electron chi connectivity index (χ2n) is 19.8. The number of thiophene rings is 3. The molecule has 61 heavy (non-hydrogen) atoms. The Kier molecular flexibility index (Phi) is 14.4. The van der Waals surface area contributed by atoms with Crippen LogP contribution in [0.3, 0.4) is 0 Å². The van der Waals surface area contributed by atoms with Crippen molar-refractivity contribution in [3.05, 3.63) is 92.7 Å². The van der Waals surface area contributed by atoms with E-state index in [9.17, 15) is 9.59 Å². The fraction of sp³-hybridized carbons (Fsp3) is 0.519. The van der Waals surface area contributed by atoms with Crippen LogP contribution in [0.1, 0.15) is 188 Å². The molecule has 3 nitrogen and oxygen atoms in total. The van der Waals surface area contributed by atoms with Gasteiger partial charge in [0.05, 0.1) is 31.4 Å². The van der Waals surface area contributed by atoms with Crippen molar-refractivity contribution in [1.82, 2.24) is 0 Å². The summed E-state index contributed by atoms with van der Waals surface area (Å²) in [4.78, 5) is 42.8. The molecule has 5 aromatic rings. The number of carbonyl (C=O) groups is 2. The summed E-state index contributed by atoms with van der Waals surface area (Å²) in [5, 5.41) is 0. The smallest absolute Gasteiger partial charge is 0.267 e. The third-order valence-electron chi connectivity index (χ3n) is 12.9. The summed E-state index contributed by atoms with van der Waals surface area (Å²) in [5.41, 5.74) is 4.31. The number of hydrogen-bond donors (Lipinski definition) is 0. The van der Waals surface area contributed by atoms with Gasteiger partial charge in [0.2, 0.25) is 0 Å². The van der Waals surface area contributed by atoms with Crippen molar-refractivity contribution >= 4 is 61.5 Å². The summed E-state index contributed by atoms with van der Waals surface area (Å²) < 4.78 is 0. The van der Waals surface area contributed by atoms with Crippen molar-refractivity contribution < 1.29 is 9.59 Å². The Balaban J connectivity index is 1.34. The van der Waals surface area contributed by atoms with E-state index in [1.807, 2.05) is 34.8 Å². The van der Waals surface area contributed by atoms with E-state index in [2.05, 4.69) is 118 Å². The van der Waals surface area contributed by atoms with Crippen LogP contribution in [-0.2, 0) is 23.7 Å². The first-order valence-corrected chi connectivity index (χ1v) is 27.8. The maximum absolute atomic E-state index is 14.9. The molecular weight excluding hydrogens is 823 g/mol. The number of aryl methyl sites for hydroxylation is 2. The highest BCUT2D eigenvalue weighted by atomic mass is 32.3. The Bertz CT molecular complexity index is 2310. The van der Waals surface area contributed by atoms with E-state index < -0.39 is 10.0 Å². The molecule has 7 rings (SSSR count). The van der Waals surface area contributed by atoms with E-state index in [1.165, 1.54) is 117 Å². The number of carbonyl (C=O) groups excluding carboxylic acids is 2. The molecule has 2 aromatic carbocycles. The standard InChI is InChI=1S/C54H71NO2S4/c1-11-15-18-19-20-21-24-38-25-29-39(30-26-38)55-51(56)45-46(52(55)57)50(54(8,9)10)60-47(45)41-33-42-48(58-41)49-43(34-44(59-49)53(5,6)7)61(42,35-36(14-4)22-16-12-2)40-31-27-37(28-32-40)23-17-13-3/h25-34,36H,11-24,35H2,1-10H3. The minimum Gasteiger partial charge on any atom is -0.268 e. The quantitative estimate of drug-likeness (QED) is 0.0612. The van der Waals surface area contributed by atoms with E-state index in [4.69, 9.17) is 0 Å².